The second kappa shape index (κ2) is 7.92. The van der Waals surface area contributed by atoms with Gasteiger partial charge in [-0.15, -0.1) is 0 Å². The van der Waals surface area contributed by atoms with Gasteiger partial charge >= 0.3 is 0 Å². The van der Waals surface area contributed by atoms with Gasteiger partial charge in [-0.2, -0.15) is 0 Å². The van der Waals surface area contributed by atoms with Crippen molar-refractivity contribution in [3.63, 3.8) is 0 Å². The molecule has 138 valence electrons. The van der Waals surface area contributed by atoms with Crippen LogP contribution >= 0.6 is 0 Å². The Hall–Kier alpha value is -3.59. The lowest BCUT2D eigenvalue weighted by atomic mass is 9.68. The zero-order valence-electron chi connectivity index (χ0n) is 16.8. The molecule has 0 bridgehead atoms. The average molecular weight is 388 g/mol. The molecule has 0 spiro atoms. The highest BCUT2D eigenvalue weighted by Crippen LogP contribution is 2.27. The minimum atomic E-state index is 0.408. The molecular weight excluding hydrogens is 373 g/mol. The second-order valence-corrected chi connectivity index (χ2v) is 7.37. The summed E-state index contributed by atoms with van der Waals surface area (Å²) in [6.45, 7) is 0. The van der Waals surface area contributed by atoms with E-state index in [1.165, 1.54) is 6.33 Å². The lowest BCUT2D eigenvalue weighted by Crippen LogP contribution is -2.35. The van der Waals surface area contributed by atoms with E-state index in [4.69, 9.17) is 23.5 Å². The van der Waals surface area contributed by atoms with E-state index in [0.29, 0.717) is 32.9 Å². The fourth-order valence-electron chi connectivity index (χ4n) is 3.96. The van der Waals surface area contributed by atoms with Crippen LogP contribution < -0.4 is 16.4 Å². The van der Waals surface area contributed by atoms with Gasteiger partial charge in [-0.1, -0.05) is 101 Å². The quantitative estimate of drug-likeness (QED) is 0.445. The third kappa shape index (κ3) is 3.36. The van der Waals surface area contributed by atoms with Gasteiger partial charge in [-0.3, -0.25) is 0 Å². The maximum atomic E-state index is 6.69. The van der Waals surface area contributed by atoms with Crippen LogP contribution in [0.3, 0.4) is 0 Å². The fraction of sp³-hybridized carbons (Fsp3) is 0. The zero-order valence-corrected chi connectivity index (χ0v) is 16.8. The Morgan fingerprint density at radius 2 is 1.03 bits per heavy atom. The van der Waals surface area contributed by atoms with Crippen molar-refractivity contribution in [1.82, 2.24) is 9.97 Å². The summed E-state index contributed by atoms with van der Waals surface area (Å²) in [7, 11) is 19.6. The molecule has 5 aromatic rings. The van der Waals surface area contributed by atoms with E-state index in [2.05, 4.69) is 34.2 Å². The SMILES string of the molecule is [B]c1c(-c2ccc(-c3ccccc3)cc2)c([B])c2c(-c3ccccc3)ncnc2c1[B]. The van der Waals surface area contributed by atoms with Crippen molar-refractivity contribution in [2.75, 3.05) is 0 Å². The largest absolute Gasteiger partial charge is 0.237 e. The summed E-state index contributed by atoms with van der Waals surface area (Å²) in [6, 6.07) is 28.2. The van der Waals surface area contributed by atoms with Gasteiger partial charge in [0.25, 0.3) is 0 Å². The Kier molecular flexibility index (Phi) is 4.95. The first-order valence-corrected chi connectivity index (χ1v) is 9.97. The van der Waals surface area contributed by atoms with Crippen LogP contribution in [0.1, 0.15) is 0 Å². The van der Waals surface area contributed by atoms with Gasteiger partial charge in [0.2, 0.25) is 0 Å². The van der Waals surface area contributed by atoms with Gasteiger partial charge in [0, 0.05) is 10.9 Å². The van der Waals surface area contributed by atoms with Crippen molar-refractivity contribution >= 4 is 50.8 Å². The van der Waals surface area contributed by atoms with Crippen molar-refractivity contribution in [3.8, 4) is 33.5 Å². The molecule has 0 fully saturated rings. The number of hydrogen-bond acceptors (Lipinski definition) is 2. The third-order valence-electron chi connectivity index (χ3n) is 5.53. The molecule has 0 aliphatic rings. The fourth-order valence-corrected chi connectivity index (χ4v) is 3.96. The molecule has 0 aliphatic heterocycles. The standard InChI is InChI=1S/C26H15B3N2/c27-22-20(18-13-11-17(12-14-18)16-7-3-1-4-8-16)23(28)24(29)26-21(22)25(30-15-31-26)19-9-5-2-6-10-19/h1-15H. The van der Waals surface area contributed by atoms with Gasteiger partial charge in [0.05, 0.1) is 11.2 Å². The summed E-state index contributed by atoms with van der Waals surface area (Å²) < 4.78 is 0. The Bertz CT molecular complexity index is 1380. The molecule has 0 atom stereocenters. The molecule has 1 aromatic heterocycles. The van der Waals surface area contributed by atoms with E-state index in [0.717, 1.165) is 27.9 Å². The maximum Gasteiger partial charge on any atom is 0.116 e. The first kappa shape index (κ1) is 19.4. The van der Waals surface area contributed by atoms with Crippen LogP contribution in [0.5, 0.6) is 0 Å². The van der Waals surface area contributed by atoms with E-state index in [1.54, 1.807) is 0 Å². The highest BCUT2D eigenvalue weighted by atomic mass is 14.8. The van der Waals surface area contributed by atoms with Crippen molar-refractivity contribution < 1.29 is 0 Å². The summed E-state index contributed by atoms with van der Waals surface area (Å²) in [4.78, 5) is 8.89. The smallest absolute Gasteiger partial charge is 0.116 e. The first-order chi connectivity index (χ1) is 15.1. The molecule has 0 unspecified atom stereocenters. The topological polar surface area (TPSA) is 25.8 Å². The summed E-state index contributed by atoms with van der Waals surface area (Å²) in [5, 5.41) is 0.711. The van der Waals surface area contributed by atoms with E-state index in [9.17, 15) is 0 Å². The molecule has 31 heavy (non-hydrogen) atoms. The normalized spacial score (nSPS) is 11.0. The summed E-state index contributed by atoms with van der Waals surface area (Å²) in [5.74, 6) is 0. The number of rotatable bonds is 3. The molecule has 0 saturated carbocycles. The summed E-state index contributed by atoms with van der Waals surface area (Å²) in [5.41, 5.74) is 7.45. The zero-order chi connectivity index (χ0) is 21.4. The van der Waals surface area contributed by atoms with Gasteiger partial charge in [0.1, 0.15) is 29.9 Å². The minimum absolute atomic E-state index is 0.408. The molecule has 1 heterocycles. The number of benzene rings is 4. The Morgan fingerprint density at radius 3 is 1.68 bits per heavy atom. The molecule has 5 rings (SSSR count). The molecule has 4 aromatic carbocycles. The van der Waals surface area contributed by atoms with Crippen LogP contribution in [0.15, 0.2) is 91.3 Å². The van der Waals surface area contributed by atoms with Crippen LogP contribution in [-0.2, 0) is 0 Å². The van der Waals surface area contributed by atoms with Crippen molar-refractivity contribution in [1.29, 1.82) is 0 Å². The highest BCUT2D eigenvalue weighted by Gasteiger charge is 2.17. The maximum absolute atomic E-state index is 6.69. The molecule has 5 heteroatoms. The van der Waals surface area contributed by atoms with E-state index >= 15 is 0 Å². The highest BCUT2D eigenvalue weighted by molar-refractivity contribution is 6.59. The first-order valence-electron chi connectivity index (χ1n) is 9.97. The van der Waals surface area contributed by atoms with Gasteiger partial charge in [0.15, 0.2) is 0 Å². The summed E-state index contributed by atoms with van der Waals surface area (Å²) >= 11 is 0. The van der Waals surface area contributed by atoms with Crippen molar-refractivity contribution in [3.05, 3.63) is 91.3 Å². The monoisotopic (exact) mass is 388 g/mol. The predicted octanol–water partition coefficient (Wildman–Crippen LogP) is 3.01. The lowest BCUT2D eigenvalue weighted by molar-refractivity contribution is 1.23. The molecule has 6 radical (unpaired) electrons. The van der Waals surface area contributed by atoms with Crippen LogP contribution in [0.2, 0.25) is 0 Å². The average Bonchev–Trinajstić information content (AvgIpc) is 2.84. The van der Waals surface area contributed by atoms with E-state index in [-0.39, 0.29) is 0 Å². The predicted molar refractivity (Wildman–Crippen MR) is 132 cm³/mol. The molecule has 2 nitrogen and oxygen atoms in total. The number of hydrogen-bond donors (Lipinski definition) is 0. The number of nitrogens with zero attached hydrogens (tertiary/aromatic N) is 2. The molecule has 0 amide bonds. The number of fused-ring (bicyclic) bond motifs is 1. The van der Waals surface area contributed by atoms with Gasteiger partial charge < -0.3 is 0 Å². The van der Waals surface area contributed by atoms with Crippen LogP contribution in [-0.4, -0.2) is 33.5 Å². The van der Waals surface area contributed by atoms with E-state index < -0.39 is 0 Å². The van der Waals surface area contributed by atoms with Gasteiger partial charge in [-0.05, 0) is 22.3 Å². The van der Waals surface area contributed by atoms with Gasteiger partial charge in [-0.25, -0.2) is 9.97 Å². The van der Waals surface area contributed by atoms with Crippen LogP contribution in [0.25, 0.3) is 44.4 Å². The van der Waals surface area contributed by atoms with Crippen LogP contribution in [0, 0.1) is 0 Å². The lowest BCUT2D eigenvalue weighted by Gasteiger charge is -2.20. The Balaban J connectivity index is 1.73. The Morgan fingerprint density at radius 1 is 0.484 bits per heavy atom. The summed E-state index contributed by atoms with van der Waals surface area (Å²) in [6.07, 6.45) is 1.49. The van der Waals surface area contributed by atoms with Crippen molar-refractivity contribution in [2.24, 2.45) is 0 Å². The van der Waals surface area contributed by atoms with Crippen LogP contribution in [0.4, 0.5) is 0 Å². The molecule has 0 aliphatic carbocycles. The molecule has 0 N–H and O–H groups in total. The minimum Gasteiger partial charge on any atom is -0.237 e. The Labute approximate surface area is 185 Å². The number of aromatic nitrogens is 2. The third-order valence-corrected chi connectivity index (χ3v) is 5.53. The second-order valence-electron chi connectivity index (χ2n) is 7.37. The molecular formula is C26H15B3N2. The molecule has 0 saturated heterocycles. The van der Waals surface area contributed by atoms with E-state index in [1.807, 2.05) is 60.7 Å². The van der Waals surface area contributed by atoms with Crippen molar-refractivity contribution in [2.45, 2.75) is 0 Å².